The van der Waals surface area contributed by atoms with Gasteiger partial charge < -0.3 is 25.0 Å². The minimum atomic E-state index is -0.550. The fourth-order valence-corrected chi connectivity index (χ4v) is 3.77. The van der Waals surface area contributed by atoms with Gasteiger partial charge in [0.25, 0.3) is 0 Å². The van der Waals surface area contributed by atoms with Gasteiger partial charge in [0.1, 0.15) is 11.6 Å². The van der Waals surface area contributed by atoms with E-state index in [4.69, 9.17) is 21.1 Å². The molecule has 10 heteroatoms. The van der Waals surface area contributed by atoms with Gasteiger partial charge in [-0.3, -0.25) is 4.79 Å². The Bertz CT molecular complexity index is 1220. The highest BCUT2D eigenvalue weighted by Gasteiger charge is 2.17. The summed E-state index contributed by atoms with van der Waals surface area (Å²) in [5.74, 6) is 0.0204. The zero-order chi connectivity index (χ0) is 24.1. The first-order valence-corrected chi connectivity index (χ1v) is 10.9. The molecule has 1 saturated heterocycles. The molecule has 0 spiro atoms. The fourth-order valence-electron chi connectivity index (χ4n) is 3.57. The van der Waals surface area contributed by atoms with Crippen molar-refractivity contribution in [2.24, 2.45) is 0 Å². The summed E-state index contributed by atoms with van der Waals surface area (Å²) in [5.41, 5.74) is 2.63. The van der Waals surface area contributed by atoms with E-state index in [1.54, 1.807) is 13.2 Å². The zero-order valence-corrected chi connectivity index (χ0v) is 19.2. The number of carbonyl (C=O) groups excluding carboxylic acids is 1. The summed E-state index contributed by atoms with van der Waals surface area (Å²) in [6.45, 7) is 6.20. The van der Waals surface area contributed by atoms with E-state index in [0.29, 0.717) is 24.5 Å². The lowest BCUT2D eigenvalue weighted by molar-refractivity contribution is -0.111. The largest absolute Gasteiger partial charge is 0.495 e. The van der Waals surface area contributed by atoms with Crippen molar-refractivity contribution >= 4 is 40.5 Å². The van der Waals surface area contributed by atoms with Crippen molar-refractivity contribution < 1.29 is 18.7 Å². The van der Waals surface area contributed by atoms with Crippen molar-refractivity contribution in [1.82, 2.24) is 9.97 Å². The summed E-state index contributed by atoms with van der Waals surface area (Å²) in [6.07, 6.45) is 2.54. The summed E-state index contributed by atoms with van der Waals surface area (Å²) in [7, 11) is 1.63. The first-order valence-electron chi connectivity index (χ1n) is 10.5. The number of halogens is 2. The third-order valence-electron chi connectivity index (χ3n) is 5.16. The van der Waals surface area contributed by atoms with Gasteiger partial charge in [0.2, 0.25) is 11.9 Å². The summed E-state index contributed by atoms with van der Waals surface area (Å²) in [4.78, 5) is 22.5. The highest BCUT2D eigenvalue weighted by molar-refractivity contribution is 6.33. The molecule has 1 amide bonds. The van der Waals surface area contributed by atoms with Crippen LogP contribution in [-0.4, -0.2) is 49.3 Å². The predicted molar refractivity (Wildman–Crippen MR) is 131 cm³/mol. The van der Waals surface area contributed by atoms with Crippen molar-refractivity contribution in [3.8, 4) is 17.0 Å². The van der Waals surface area contributed by atoms with E-state index in [1.807, 2.05) is 18.2 Å². The molecule has 8 nitrogen and oxygen atoms in total. The fraction of sp³-hybridized carbons (Fsp3) is 0.208. The van der Waals surface area contributed by atoms with Crippen molar-refractivity contribution in [1.29, 1.82) is 0 Å². The van der Waals surface area contributed by atoms with E-state index in [-0.39, 0.29) is 16.7 Å². The minimum Gasteiger partial charge on any atom is -0.495 e. The van der Waals surface area contributed by atoms with Crippen LogP contribution in [0.3, 0.4) is 0 Å². The number of carbonyl (C=O) groups is 1. The second kappa shape index (κ2) is 10.5. The van der Waals surface area contributed by atoms with Crippen LogP contribution in [0.15, 0.2) is 55.3 Å². The maximum absolute atomic E-state index is 14.2. The quantitative estimate of drug-likeness (QED) is 0.473. The average molecular weight is 484 g/mol. The topological polar surface area (TPSA) is 88.6 Å². The molecular formula is C24H23ClFN5O3. The van der Waals surface area contributed by atoms with Crippen LogP contribution in [0.4, 0.5) is 27.4 Å². The number of morpholine rings is 1. The third kappa shape index (κ3) is 5.44. The Labute approximate surface area is 201 Å². The van der Waals surface area contributed by atoms with Crippen LogP contribution in [0.1, 0.15) is 0 Å². The van der Waals surface area contributed by atoms with Crippen molar-refractivity contribution in [3.63, 3.8) is 0 Å². The van der Waals surface area contributed by atoms with Gasteiger partial charge in [0.05, 0.1) is 42.9 Å². The van der Waals surface area contributed by atoms with Gasteiger partial charge in [-0.25, -0.2) is 14.4 Å². The molecule has 2 N–H and O–H groups in total. The van der Waals surface area contributed by atoms with Gasteiger partial charge in [-0.2, -0.15) is 0 Å². The molecule has 0 bridgehead atoms. The van der Waals surface area contributed by atoms with Crippen molar-refractivity contribution in [2.75, 3.05) is 48.9 Å². The van der Waals surface area contributed by atoms with E-state index in [9.17, 15) is 9.18 Å². The molecule has 0 unspecified atom stereocenters. The minimum absolute atomic E-state index is 0.237. The van der Waals surface area contributed by atoms with Crippen LogP contribution in [-0.2, 0) is 9.53 Å². The van der Waals surface area contributed by atoms with Gasteiger partial charge in [0, 0.05) is 30.0 Å². The first-order chi connectivity index (χ1) is 16.5. The molecule has 34 heavy (non-hydrogen) atoms. The van der Waals surface area contributed by atoms with E-state index in [1.165, 1.54) is 18.3 Å². The van der Waals surface area contributed by atoms with E-state index in [0.717, 1.165) is 36.3 Å². The number of hydrogen-bond donors (Lipinski definition) is 2. The lowest BCUT2D eigenvalue weighted by Crippen LogP contribution is -2.36. The molecule has 1 aliphatic rings. The van der Waals surface area contributed by atoms with Crippen LogP contribution in [0.25, 0.3) is 11.3 Å². The second-order valence-corrected chi connectivity index (χ2v) is 7.83. The summed E-state index contributed by atoms with van der Waals surface area (Å²) >= 11 is 6.32. The molecule has 0 aliphatic carbocycles. The Kier molecular flexibility index (Phi) is 7.24. The number of rotatable bonds is 7. The first kappa shape index (κ1) is 23.5. The summed E-state index contributed by atoms with van der Waals surface area (Å²) in [6, 6.07) is 9.73. The number of nitrogens with one attached hydrogen (secondary N) is 2. The molecule has 0 atom stereocenters. The number of methoxy groups -OCH3 is 1. The number of aromatic nitrogens is 2. The number of anilines is 4. The normalized spacial score (nSPS) is 13.3. The maximum atomic E-state index is 14.2. The molecule has 0 radical (unpaired) electrons. The Hall–Kier alpha value is -3.69. The maximum Gasteiger partial charge on any atom is 0.247 e. The Morgan fingerprint density at radius 1 is 1.24 bits per heavy atom. The third-order valence-corrected chi connectivity index (χ3v) is 5.43. The molecule has 4 rings (SSSR count). The monoisotopic (exact) mass is 483 g/mol. The number of nitrogens with zero attached hydrogens (tertiary/aromatic N) is 3. The Balaban J connectivity index is 1.63. The van der Waals surface area contributed by atoms with Crippen LogP contribution < -0.4 is 20.3 Å². The molecule has 176 valence electrons. The molecule has 0 saturated carbocycles. The molecular weight excluding hydrogens is 461 g/mol. The highest BCUT2D eigenvalue weighted by atomic mass is 35.5. The van der Waals surface area contributed by atoms with Crippen molar-refractivity contribution in [2.45, 2.75) is 0 Å². The highest BCUT2D eigenvalue weighted by Crippen LogP contribution is 2.34. The van der Waals surface area contributed by atoms with Gasteiger partial charge in [-0.05, 0) is 42.5 Å². The lowest BCUT2D eigenvalue weighted by atomic mass is 10.1. The van der Waals surface area contributed by atoms with E-state index in [2.05, 4.69) is 32.1 Å². The Morgan fingerprint density at radius 2 is 2.03 bits per heavy atom. The van der Waals surface area contributed by atoms with Gasteiger partial charge >= 0.3 is 0 Å². The van der Waals surface area contributed by atoms with Crippen LogP contribution >= 0.6 is 11.6 Å². The number of ether oxygens (including phenoxy) is 2. The number of hydrogen-bond acceptors (Lipinski definition) is 7. The summed E-state index contributed by atoms with van der Waals surface area (Å²) < 4.78 is 25.2. The molecule has 2 heterocycles. The standard InChI is InChI=1S/C24H23ClFN5O3/c1-3-22(32)28-18-11-15(10-16(26)12-18)23-19(25)14-27-24(30-23)29-17-4-5-21(33-2)20(13-17)31-6-8-34-9-7-31/h3-5,10-14H,1,6-9H2,2H3,(H,28,32)(H,27,29,30). The molecule has 2 aromatic carbocycles. The molecule has 1 fully saturated rings. The predicted octanol–water partition coefficient (Wildman–Crippen LogP) is 4.65. The number of amides is 1. The molecule has 3 aromatic rings. The lowest BCUT2D eigenvalue weighted by Gasteiger charge is -2.30. The second-order valence-electron chi connectivity index (χ2n) is 7.42. The molecule has 1 aromatic heterocycles. The van der Waals surface area contributed by atoms with E-state index >= 15 is 0 Å². The van der Waals surface area contributed by atoms with Gasteiger partial charge in [0.15, 0.2) is 0 Å². The zero-order valence-electron chi connectivity index (χ0n) is 18.5. The van der Waals surface area contributed by atoms with Gasteiger partial charge in [-0.15, -0.1) is 0 Å². The van der Waals surface area contributed by atoms with Crippen molar-refractivity contribution in [3.05, 3.63) is 66.1 Å². The van der Waals surface area contributed by atoms with Gasteiger partial charge in [-0.1, -0.05) is 18.2 Å². The summed E-state index contributed by atoms with van der Waals surface area (Å²) in [5, 5.41) is 5.95. The average Bonchev–Trinajstić information content (AvgIpc) is 2.85. The van der Waals surface area contributed by atoms with Crippen LogP contribution in [0.2, 0.25) is 5.02 Å². The Morgan fingerprint density at radius 3 is 2.76 bits per heavy atom. The molecule has 1 aliphatic heterocycles. The SMILES string of the molecule is C=CC(=O)Nc1cc(F)cc(-c2nc(Nc3ccc(OC)c(N4CCOCC4)c3)ncc2Cl)c1. The smallest absolute Gasteiger partial charge is 0.247 e. The van der Waals surface area contributed by atoms with E-state index < -0.39 is 11.7 Å². The van der Waals surface area contributed by atoms with Crippen LogP contribution in [0.5, 0.6) is 5.75 Å². The van der Waals surface area contributed by atoms with Crippen LogP contribution in [0, 0.1) is 5.82 Å². The number of benzene rings is 2.